The van der Waals surface area contributed by atoms with Gasteiger partial charge in [-0.3, -0.25) is 14.6 Å². The Hall–Kier alpha value is -0.720. The van der Waals surface area contributed by atoms with Gasteiger partial charge in [0, 0.05) is 26.2 Å². The molecule has 1 fully saturated rings. The van der Waals surface area contributed by atoms with Gasteiger partial charge >= 0.3 is 5.97 Å². The number of piperazine rings is 1. The van der Waals surface area contributed by atoms with E-state index in [1.807, 2.05) is 13.8 Å². The maximum Gasteiger partial charge on any atom is 0.323 e. The summed E-state index contributed by atoms with van der Waals surface area (Å²) in [6.07, 6.45) is 1.83. The molecule has 1 saturated heterocycles. The average molecular weight is 301 g/mol. The van der Waals surface area contributed by atoms with Gasteiger partial charge in [-0.1, -0.05) is 25.6 Å². The van der Waals surface area contributed by atoms with Gasteiger partial charge in [-0.15, -0.1) is 0 Å². The van der Waals surface area contributed by atoms with Crippen LogP contribution in [0, 0.1) is 0 Å². The molecule has 6 heteroatoms. The highest BCUT2D eigenvalue weighted by Crippen LogP contribution is 2.14. The van der Waals surface area contributed by atoms with Crippen molar-refractivity contribution in [3.8, 4) is 0 Å². The molecule has 1 heterocycles. The third-order valence-electron chi connectivity index (χ3n) is 3.87. The van der Waals surface area contributed by atoms with Gasteiger partial charge < -0.3 is 10.5 Å². The first kappa shape index (κ1) is 17.3. The van der Waals surface area contributed by atoms with Crippen LogP contribution in [0.5, 0.6) is 0 Å². The lowest BCUT2D eigenvalue weighted by molar-refractivity contribution is -0.150. The first-order valence-corrected chi connectivity index (χ1v) is 7.86. The molecule has 0 aromatic heterocycles. The first-order chi connectivity index (χ1) is 9.51. The normalized spacial score (nSPS) is 20.4. The van der Waals surface area contributed by atoms with Gasteiger partial charge in [0.25, 0.3) is 0 Å². The van der Waals surface area contributed by atoms with E-state index in [9.17, 15) is 4.79 Å². The molecule has 2 N–H and O–H groups in total. The largest absolute Gasteiger partial charge is 0.465 e. The molecule has 116 valence electrons. The van der Waals surface area contributed by atoms with Crippen LogP contribution in [0.1, 0.15) is 33.6 Å². The van der Waals surface area contributed by atoms with E-state index < -0.39 is 0 Å². The number of carbonyl (C=O) groups is 1. The van der Waals surface area contributed by atoms with Crippen molar-refractivity contribution in [3.63, 3.8) is 0 Å². The maximum atomic E-state index is 12.0. The van der Waals surface area contributed by atoms with Crippen LogP contribution in [0.15, 0.2) is 0 Å². The Balaban J connectivity index is 2.56. The third kappa shape index (κ3) is 4.68. The molecular weight excluding hydrogens is 274 g/mol. The number of hydrogen-bond acceptors (Lipinski definition) is 5. The average Bonchev–Trinajstić information content (AvgIpc) is 2.44. The Labute approximate surface area is 127 Å². The summed E-state index contributed by atoms with van der Waals surface area (Å²) < 4.78 is 5.19. The number of hydrogen-bond donors (Lipinski definition) is 1. The van der Waals surface area contributed by atoms with Crippen LogP contribution < -0.4 is 5.73 Å². The number of nitrogens with zero attached hydrogens (tertiary/aromatic N) is 2. The Bertz CT molecular complexity index is 330. The summed E-state index contributed by atoms with van der Waals surface area (Å²) in [5, 5.41) is 0. The first-order valence-electron chi connectivity index (χ1n) is 7.45. The molecule has 2 unspecified atom stereocenters. The topological polar surface area (TPSA) is 58.8 Å². The molecule has 0 saturated carbocycles. The quantitative estimate of drug-likeness (QED) is 0.559. The highest BCUT2D eigenvalue weighted by atomic mass is 32.1. The predicted octanol–water partition coefficient (Wildman–Crippen LogP) is 1.01. The fraction of sp³-hybridized carbons (Fsp3) is 0.857. The maximum absolute atomic E-state index is 12.0. The zero-order chi connectivity index (χ0) is 15.1. The Kier molecular flexibility index (Phi) is 7.40. The molecule has 0 aliphatic carbocycles. The van der Waals surface area contributed by atoms with Crippen LogP contribution in [-0.4, -0.2) is 65.6 Å². The van der Waals surface area contributed by atoms with Gasteiger partial charge in [0.05, 0.1) is 17.6 Å². The van der Waals surface area contributed by atoms with Crippen molar-refractivity contribution in [2.45, 2.75) is 45.7 Å². The van der Waals surface area contributed by atoms with E-state index in [1.54, 1.807) is 0 Å². The molecule has 0 aromatic carbocycles. The van der Waals surface area contributed by atoms with E-state index in [0.717, 1.165) is 39.0 Å². The zero-order valence-corrected chi connectivity index (χ0v) is 13.6. The van der Waals surface area contributed by atoms with Gasteiger partial charge in [-0.25, -0.2) is 0 Å². The van der Waals surface area contributed by atoms with Crippen molar-refractivity contribution in [2.75, 3.05) is 32.8 Å². The van der Waals surface area contributed by atoms with E-state index in [4.69, 9.17) is 22.7 Å². The van der Waals surface area contributed by atoms with Crippen LogP contribution in [0.3, 0.4) is 0 Å². The lowest BCUT2D eigenvalue weighted by Crippen LogP contribution is -2.56. The van der Waals surface area contributed by atoms with Gasteiger partial charge in [-0.2, -0.15) is 0 Å². The summed E-state index contributed by atoms with van der Waals surface area (Å²) in [6, 6.07) is 0.0154. The minimum Gasteiger partial charge on any atom is -0.465 e. The monoisotopic (exact) mass is 301 g/mol. The number of esters is 1. The standard InChI is InChI=1S/C14H27N3O2S/c1-4-6-12(14(18)19-5-2)17-9-7-16(8-10-17)11(3)13(15)20/h11-12H,4-10H2,1-3H3,(H2,15,20). The van der Waals surface area contributed by atoms with Gasteiger partial charge in [0.1, 0.15) is 6.04 Å². The molecule has 1 aliphatic rings. The van der Waals surface area contributed by atoms with Crippen molar-refractivity contribution in [2.24, 2.45) is 5.73 Å². The number of carbonyl (C=O) groups excluding carboxylic acids is 1. The molecule has 0 bridgehead atoms. The Morgan fingerprint density at radius 1 is 1.25 bits per heavy atom. The minimum atomic E-state index is -0.109. The number of nitrogens with two attached hydrogens (primary N) is 1. The van der Waals surface area contributed by atoms with E-state index >= 15 is 0 Å². The lowest BCUT2D eigenvalue weighted by Gasteiger charge is -2.40. The number of thiocarbonyl (C=S) groups is 1. The summed E-state index contributed by atoms with van der Waals surface area (Å²) in [6.45, 7) is 9.91. The highest BCUT2D eigenvalue weighted by Gasteiger charge is 2.30. The molecule has 5 nitrogen and oxygen atoms in total. The van der Waals surface area contributed by atoms with Gasteiger partial charge in [0.2, 0.25) is 0 Å². The fourth-order valence-electron chi connectivity index (χ4n) is 2.58. The molecule has 1 aliphatic heterocycles. The number of rotatable bonds is 7. The summed E-state index contributed by atoms with van der Waals surface area (Å²) in [5.41, 5.74) is 5.70. The molecule has 0 spiro atoms. The van der Waals surface area contributed by atoms with Crippen LogP contribution in [0.2, 0.25) is 0 Å². The third-order valence-corrected chi connectivity index (χ3v) is 4.21. The molecule has 2 atom stereocenters. The smallest absolute Gasteiger partial charge is 0.323 e. The predicted molar refractivity (Wildman–Crippen MR) is 84.7 cm³/mol. The van der Waals surface area contributed by atoms with Crippen molar-refractivity contribution >= 4 is 23.2 Å². The molecule has 0 radical (unpaired) electrons. The number of ether oxygens (including phenoxy) is 1. The summed E-state index contributed by atoms with van der Waals surface area (Å²) in [4.78, 5) is 17.1. The van der Waals surface area contributed by atoms with Crippen molar-refractivity contribution in [1.29, 1.82) is 0 Å². The SMILES string of the molecule is CCCC(C(=O)OCC)N1CCN(C(C)C(N)=S)CC1. The Morgan fingerprint density at radius 2 is 1.80 bits per heavy atom. The summed E-state index contributed by atoms with van der Waals surface area (Å²) in [5.74, 6) is -0.0924. The minimum absolute atomic E-state index is 0.0924. The Morgan fingerprint density at radius 3 is 2.25 bits per heavy atom. The second kappa shape index (κ2) is 8.54. The van der Waals surface area contributed by atoms with Crippen molar-refractivity contribution in [1.82, 2.24) is 9.80 Å². The fourth-order valence-corrected chi connectivity index (χ4v) is 2.73. The molecular formula is C14H27N3O2S. The van der Waals surface area contributed by atoms with Crippen molar-refractivity contribution in [3.05, 3.63) is 0 Å². The summed E-state index contributed by atoms with van der Waals surface area (Å²) in [7, 11) is 0. The molecule has 0 aromatic rings. The van der Waals surface area contributed by atoms with Crippen LogP contribution in [0.4, 0.5) is 0 Å². The van der Waals surface area contributed by atoms with E-state index in [-0.39, 0.29) is 18.1 Å². The lowest BCUT2D eigenvalue weighted by atomic mass is 10.1. The second-order valence-electron chi connectivity index (χ2n) is 5.21. The second-order valence-corrected chi connectivity index (χ2v) is 5.68. The van der Waals surface area contributed by atoms with E-state index in [1.165, 1.54) is 0 Å². The van der Waals surface area contributed by atoms with E-state index in [0.29, 0.717) is 11.6 Å². The van der Waals surface area contributed by atoms with E-state index in [2.05, 4.69) is 16.7 Å². The summed E-state index contributed by atoms with van der Waals surface area (Å²) >= 11 is 5.05. The highest BCUT2D eigenvalue weighted by molar-refractivity contribution is 7.80. The molecule has 0 amide bonds. The molecule has 20 heavy (non-hydrogen) atoms. The van der Waals surface area contributed by atoms with Crippen LogP contribution in [-0.2, 0) is 9.53 Å². The van der Waals surface area contributed by atoms with Crippen LogP contribution in [0.25, 0.3) is 0 Å². The van der Waals surface area contributed by atoms with Gasteiger partial charge in [0.15, 0.2) is 0 Å². The zero-order valence-electron chi connectivity index (χ0n) is 12.8. The molecule has 1 rings (SSSR count). The van der Waals surface area contributed by atoms with Crippen molar-refractivity contribution < 1.29 is 9.53 Å². The van der Waals surface area contributed by atoms with Gasteiger partial charge in [-0.05, 0) is 20.3 Å². The van der Waals surface area contributed by atoms with Crippen LogP contribution >= 0.6 is 12.2 Å².